The van der Waals surface area contributed by atoms with Crippen molar-refractivity contribution in [1.29, 1.82) is 0 Å². The Balaban J connectivity index is 2.15. The van der Waals surface area contributed by atoms with E-state index in [1.165, 1.54) is 55.6 Å². The largest absolute Gasteiger partial charge is 0.359 e. The highest BCUT2D eigenvalue weighted by molar-refractivity contribution is 7.89. The molecule has 0 saturated carbocycles. The molecule has 5 nitrogen and oxygen atoms in total. The molecule has 0 fully saturated rings. The average molecular weight is 385 g/mol. The van der Waals surface area contributed by atoms with E-state index in [0.29, 0.717) is 11.1 Å². The summed E-state index contributed by atoms with van der Waals surface area (Å²) in [6.07, 6.45) is 0.290. The molecule has 142 valence electrons. The van der Waals surface area contributed by atoms with Gasteiger partial charge in [-0.3, -0.25) is 0 Å². The Morgan fingerprint density at radius 2 is 1.46 bits per heavy atom. The minimum absolute atomic E-state index is 0.0985. The highest BCUT2D eigenvalue weighted by Crippen LogP contribution is 2.24. The maximum absolute atomic E-state index is 13.2. The summed E-state index contributed by atoms with van der Waals surface area (Å²) in [7, 11) is -2.16. The van der Waals surface area contributed by atoms with E-state index in [1.807, 2.05) is 0 Å². The number of methoxy groups -OCH3 is 1. The van der Waals surface area contributed by atoms with Crippen molar-refractivity contribution in [3.05, 3.63) is 71.3 Å². The van der Waals surface area contributed by atoms with Crippen molar-refractivity contribution >= 4 is 10.0 Å². The van der Waals surface area contributed by atoms with Gasteiger partial charge in [-0.25, -0.2) is 21.9 Å². The molecule has 2 rings (SSSR count). The van der Waals surface area contributed by atoms with Crippen molar-refractivity contribution in [2.24, 2.45) is 0 Å². The molecule has 2 aromatic carbocycles. The van der Waals surface area contributed by atoms with Gasteiger partial charge in [0.25, 0.3) is 0 Å². The van der Waals surface area contributed by atoms with Crippen LogP contribution in [-0.4, -0.2) is 34.7 Å². The van der Waals surface area contributed by atoms with E-state index in [1.54, 1.807) is 0 Å². The monoisotopic (exact) mass is 385 g/mol. The van der Waals surface area contributed by atoms with E-state index in [2.05, 4.69) is 4.72 Å². The normalized spacial score (nSPS) is 11.8. The highest BCUT2D eigenvalue weighted by atomic mass is 32.2. The van der Waals surface area contributed by atoms with Crippen molar-refractivity contribution in [2.75, 3.05) is 26.3 Å². The van der Waals surface area contributed by atoms with Crippen LogP contribution in [-0.2, 0) is 19.5 Å². The number of ether oxygens (including phenoxy) is 2. The third-order valence-electron chi connectivity index (χ3n) is 3.61. The Hall–Kier alpha value is -1.87. The molecule has 0 bridgehead atoms. The molecule has 0 amide bonds. The van der Waals surface area contributed by atoms with Crippen LogP contribution in [0.3, 0.4) is 0 Å². The van der Waals surface area contributed by atoms with Crippen molar-refractivity contribution in [1.82, 2.24) is 4.72 Å². The van der Waals surface area contributed by atoms with E-state index in [4.69, 9.17) is 9.47 Å². The summed E-state index contributed by atoms with van der Waals surface area (Å²) >= 11 is 0. The van der Waals surface area contributed by atoms with E-state index < -0.39 is 27.7 Å². The molecule has 0 atom stereocenters. The molecule has 0 aromatic heterocycles. The minimum Gasteiger partial charge on any atom is -0.359 e. The van der Waals surface area contributed by atoms with Crippen LogP contribution in [0.2, 0.25) is 0 Å². The zero-order chi connectivity index (χ0) is 19.0. The summed E-state index contributed by atoms with van der Waals surface area (Å²) in [5, 5.41) is 0. The van der Waals surface area contributed by atoms with Gasteiger partial charge < -0.3 is 9.47 Å². The van der Waals surface area contributed by atoms with Crippen molar-refractivity contribution in [3.8, 4) is 0 Å². The van der Waals surface area contributed by atoms with Crippen LogP contribution in [0.15, 0.2) is 48.5 Å². The second kappa shape index (κ2) is 9.72. The van der Waals surface area contributed by atoms with Gasteiger partial charge in [0.1, 0.15) is 18.4 Å². The molecule has 0 aliphatic rings. The number of benzene rings is 2. The first kappa shape index (κ1) is 20.4. The van der Waals surface area contributed by atoms with Crippen LogP contribution in [0.1, 0.15) is 23.6 Å². The number of rotatable bonds is 10. The first-order chi connectivity index (χ1) is 12.4. The molecule has 2 aromatic rings. The molecule has 0 aliphatic carbocycles. The molecule has 8 heteroatoms. The predicted molar refractivity (Wildman–Crippen MR) is 94.0 cm³/mol. The summed E-state index contributed by atoms with van der Waals surface area (Å²) in [5.41, 5.74) is 1.11. The SMILES string of the molecule is COCOCCCS(=O)(=O)NC(c1ccc(F)cc1)c1ccc(F)cc1. The molecule has 26 heavy (non-hydrogen) atoms. The standard InChI is InChI=1S/C18H21F2NO4S/c1-24-13-25-11-2-12-26(22,23)21-18(14-3-7-16(19)8-4-14)15-5-9-17(20)10-6-15/h3-10,18,21H,2,11-13H2,1H3. The maximum Gasteiger partial charge on any atom is 0.212 e. The van der Waals surface area contributed by atoms with Gasteiger partial charge >= 0.3 is 0 Å². The molecule has 0 spiro atoms. The summed E-state index contributed by atoms with van der Waals surface area (Å²) < 4.78 is 63.6. The van der Waals surface area contributed by atoms with E-state index in [9.17, 15) is 17.2 Å². The quantitative estimate of drug-likeness (QED) is 0.504. The lowest BCUT2D eigenvalue weighted by Gasteiger charge is -2.20. The lowest BCUT2D eigenvalue weighted by atomic mass is 10.00. The van der Waals surface area contributed by atoms with Crippen molar-refractivity contribution < 1.29 is 26.7 Å². The number of sulfonamides is 1. The van der Waals surface area contributed by atoms with Crippen LogP contribution >= 0.6 is 0 Å². The topological polar surface area (TPSA) is 64.6 Å². The summed E-state index contributed by atoms with van der Waals surface area (Å²) in [6.45, 7) is 0.341. The molecular formula is C18H21F2NO4S. The number of hydrogen-bond acceptors (Lipinski definition) is 4. The van der Waals surface area contributed by atoms with Gasteiger partial charge in [0.15, 0.2) is 0 Å². The van der Waals surface area contributed by atoms with E-state index in [0.717, 1.165) is 0 Å². The predicted octanol–water partition coefficient (Wildman–Crippen LogP) is 2.98. The van der Waals surface area contributed by atoms with Gasteiger partial charge in [0.05, 0.1) is 18.4 Å². The minimum atomic E-state index is -3.64. The Bertz CT molecular complexity index is 734. The first-order valence-electron chi connectivity index (χ1n) is 7.99. The van der Waals surface area contributed by atoms with Gasteiger partial charge in [-0.2, -0.15) is 0 Å². The molecular weight excluding hydrogens is 364 g/mol. The van der Waals surface area contributed by atoms with E-state index in [-0.39, 0.29) is 25.6 Å². The third-order valence-corrected chi connectivity index (χ3v) is 5.03. The van der Waals surface area contributed by atoms with Crippen LogP contribution < -0.4 is 4.72 Å². The van der Waals surface area contributed by atoms with Crippen molar-refractivity contribution in [2.45, 2.75) is 12.5 Å². The molecule has 0 aliphatic heterocycles. The molecule has 0 saturated heterocycles. The lowest BCUT2D eigenvalue weighted by Crippen LogP contribution is -2.31. The van der Waals surface area contributed by atoms with Crippen LogP contribution in [0.25, 0.3) is 0 Å². The zero-order valence-electron chi connectivity index (χ0n) is 14.3. The Morgan fingerprint density at radius 1 is 0.962 bits per heavy atom. The van der Waals surface area contributed by atoms with Gasteiger partial charge in [-0.05, 0) is 41.8 Å². The van der Waals surface area contributed by atoms with Gasteiger partial charge in [-0.1, -0.05) is 24.3 Å². The van der Waals surface area contributed by atoms with Crippen molar-refractivity contribution in [3.63, 3.8) is 0 Å². The maximum atomic E-state index is 13.2. The summed E-state index contributed by atoms with van der Waals surface area (Å²) in [5.74, 6) is -0.996. The average Bonchev–Trinajstić information content (AvgIpc) is 2.61. The number of halogens is 2. The van der Waals surface area contributed by atoms with Gasteiger partial charge in [0.2, 0.25) is 10.0 Å². The zero-order valence-corrected chi connectivity index (χ0v) is 15.1. The summed E-state index contributed by atoms with van der Waals surface area (Å²) in [4.78, 5) is 0. The smallest absolute Gasteiger partial charge is 0.212 e. The fourth-order valence-electron chi connectivity index (χ4n) is 2.37. The Morgan fingerprint density at radius 3 is 1.92 bits per heavy atom. The fraction of sp³-hybridized carbons (Fsp3) is 0.333. The summed E-state index contributed by atoms with van der Waals surface area (Å²) in [6, 6.07) is 10.2. The Labute approximate surface area is 152 Å². The lowest BCUT2D eigenvalue weighted by molar-refractivity contribution is -0.0298. The van der Waals surface area contributed by atoms with Crippen LogP contribution in [0.4, 0.5) is 8.78 Å². The molecule has 1 N–H and O–H groups in total. The van der Waals surface area contributed by atoms with Crippen LogP contribution in [0.5, 0.6) is 0 Å². The first-order valence-corrected chi connectivity index (χ1v) is 9.64. The fourth-order valence-corrected chi connectivity index (χ4v) is 3.62. The number of hydrogen-bond donors (Lipinski definition) is 1. The van der Waals surface area contributed by atoms with Gasteiger partial charge in [-0.15, -0.1) is 0 Å². The molecule has 0 heterocycles. The Kier molecular flexibility index (Phi) is 7.65. The van der Waals surface area contributed by atoms with E-state index >= 15 is 0 Å². The second-order valence-electron chi connectivity index (χ2n) is 5.64. The van der Waals surface area contributed by atoms with Gasteiger partial charge in [0, 0.05) is 7.11 Å². The third kappa shape index (κ3) is 6.45. The number of nitrogens with one attached hydrogen (secondary N) is 1. The molecule has 0 radical (unpaired) electrons. The van der Waals surface area contributed by atoms with Crippen LogP contribution in [0, 0.1) is 11.6 Å². The highest BCUT2D eigenvalue weighted by Gasteiger charge is 2.21. The second-order valence-corrected chi connectivity index (χ2v) is 7.51. The molecule has 0 unspecified atom stereocenters.